The zero-order valence-corrected chi connectivity index (χ0v) is 18.1. The van der Waals surface area contributed by atoms with E-state index in [9.17, 15) is 31.1 Å². The lowest BCUT2D eigenvalue weighted by molar-refractivity contribution is -0.143. The second-order valence-corrected chi connectivity index (χ2v) is 7.45. The number of nitrogens with zero attached hydrogens (tertiary/aromatic N) is 5. The van der Waals surface area contributed by atoms with Gasteiger partial charge in [-0.15, -0.1) is 10.2 Å². The van der Waals surface area contributed by atoms with Crippen molar-refractivity contribution in [3.63, 3.8) is 0 Å². The van der Waals surface area contributed by atoms with Gasteiger partial charge in [0.2, 0.25) is 17.7 Å². The Morgan fingerprint density at radius 3 is 2.31 bits per heavy atom. The number of carbonyl (C=O) groups excluding carboxylic acids is 1. The summed E-state index contributed by atoms with van der Waals surface area (Å²) in [5.74, 6) is -0.787. The highest BCUT2D eigenvalue weighted by molar-refractivity contribution is 5.94. The molecule has 3 heterocycles. The normalized spacial score (nSPS) is 11.9. The van der Waals surface area contributed by atoms with E-state index in [1.54, 1.807) is 36.5 Å². The van der Waals surface area contributed by atoms with Crippen LogP contribution < -0.4 is 4.90 Å². The largest absolute Gasteiger partial charge is 0.419 e. The highest BCUT2D eigenvalue weighted by Gasteiger charge is 2.39. The molecule has 0 radical (unpaired) electrons. The van der Waals surface area contributed by atoms with Gasteiger partial charge >= 0.3 is 12.4 Å². The molecule has 0 aliphatic rings. The number of amides is 1. The quantitative estimate of drug-likeness (QED) is 0.328. The molecule has 0 aliphatic carbocycles. The summed E-state index contributed by atoms with van der Waals surface area (Å²) in [5.41, 5.74) is -3.25. The molecule has 0 atom stereocenters. The molecule has 0 unspecified atom stereocenters. The summed E-state index contributed by atoms with van der Waals surface area (Å²) in [7, 11) is 0. The van der Waals surface area contributed by atoms with Gasteiger partial charge in [0.1, 0.15) is 6.54 Å². The molecule has 4 aromatic rings. The Labute approximate surface area is 199 Å². The number of hydrogen-bond acceptors (Lipinski definition) is 6. The Hall–Kier alpha value is -4.29. The highest BCUT2D eigenvalue weighted by Crippen LogP contribution is 2.36. The third-order valence-electron chi connectivity index (χ3n) is 4.96. The minimum absolute atomic E-state index is 0.0255. The van der Waals surface area contributed by atoms with Crippen molar-refractivity contribution in [2.75, 3.05) is 4.90 Å². The molecule has 0 N–H and O–H groups in total. The first-order chi connectivity index (χ1) is 17.0. The van der Waals surface area contributed by atoms with Crippen LogP contribution in [0.3, 0.4) is 0 Å². The van der Waals surface area contributed by atoms with Gasteiger partial charge in [0, 0.05) is 24.3 Å². The van der Waals surface area contributed by atoms with Crippen LogP contribution >= 0.6 is 0 Å². The molecular formula is C23H15F6N5O2. The van der Waals surface area contributed by atoms with E-state index in [1.807, 2.05) is 0 Å². The molecule has 1 aromatic carbocycles. The first-order valence-electron chi connectivity index (χ1n) is 10.2. The van der Waals surface area contributed by atoms with Crippen molar-refractivity contribution < 1.29 is 35.6 Å². The maximum Gasteiger partial charge on any atom is 0.418 e. The molecule has 0 fully saturated rings. The molecule has 36 heavy (non-hydrogen) atoms. The SMILES string of the molecule is O=C(Cc1ncc(C(F)(F)F)cc1C(F)(F)F)N(Cc1nnc(-c2cccnc2)o1)c1ccccc1. The van der Waals surface area contributed by atoms with E-state index in [0.29, 0.717) is 11.3 Å². The molecule has 0 aliphatic heterocycles. The van der Waals surface area contributed by atoms with Gasteiger partial charge in [-0.3, -0.25) is 14.8 Å². The van der Waals surface area contributed by atoms with Crippen LogP contribution in [0.25, 0.3) is 11.5 Å². The lowest BCUT2D eigenvalue weighted by Crippen LogP contribution is -2.33. The summed E-state index contributed by atoms with van der Waals surface area (Å²) >= 11 is 0. The molecule has 0 saturated carbocycles. The van der Waals surface area contributed by atoms with E-state index in [0.717, 1.165) is 4.90 Å². The van der Waals surface area contributed by atoms with E-state index in [2.05, 4.69) is 20.2 Å². The Balaban J connectivity index is 1.65. The van der Waals surface area contributed by atoms with Crippen molar-refractivity contribution in [2.24, 2.45) is 0 Å². The molecule has 1 amide bonds. The molecular weight excluding hydrogens is 492 g/mol. The van der Waals surface area contributed by atoms with Crippen molar-refractivity contribution >= 4 is 11.6 Å². The molecule has 13 heteroatoms. The van der Waals surface area contributed by atoms with E-state index in [1.165, 1.54) is 18.3 Å². The van der Waals surface area contributed by atoms with Crippen molar-refractivity contribution in [1.82, 2.24) is 20.2 Å². The zero-order valence-electron chi connectivity index (χ0n) is 18.1. The van der Waals surface area contributed by atoms with Crippen LogP contribution in [0, 0.1) is 0 Å². The average molecular weight is 507 g/mol. The van der Waals surface area contributed by atoms with Crippen molar-refractivity contribution in [3.8, 4) is 11.5 Å². The molecule has 3 aromatic heterocycles. The van der Waals surface area contributed by atoms with Crippen LogP contribution in [-0.4, -0.2) is 26.1 Å². The summed E-state index contributed by atoms with van der Waals surface area (Å²) in [5, 5.41) is 7.78. The van der Waals surface area contributed by atoms with Gasteiger partial charge in [-0.2, -0.15) is 26.3 Å². The summed E-state index contributed by atoms with van der Waals surface area (Å²) in [6, 6.07) is 11.2. The van der Waals surface area contributed by atoms with E-state index in [-0.39, 0.29) is 30.6 Å². The highest BCUT2D eigenvalue weighted by atomic mass is 19.4. The zero-order chi connectivity index (χ0) is 25.9. The van der Waals surface area contributed by atoms with Gasteiger partial charge in [-0.05, 0) is 30.3 Å². The second kappa shape index (κ2) is 9.76. The lowest BCUT2D eigenvalue weighted by atomic mass is 10.1. The summed E-state index contributed by atoms with van der Waals surface area (Å²) in [4.78, 5) is 21.5. The van der Waals surface area contributed by atoms with Crippen LogP contribution in [0.2, 0.25) is 0 Å². The number of hydrogen-bond donors (Lipinski definition) is 0. The van der Waals surface area contributed by atoms with Gasteiger partial charge in [0.25, 0.3) is 0 Å². The van der Waals surface area contributed by atoms with Gasteiger partial charge in [-0.1, -0.05) is 18.2 Å². The van der Waals surface area contributed by atoms with E-state index < -0.39 is 41.5 Å². The van der Waals surface area contributed by atoms with Crippen molar-refractivity contribution in [2.45, 2.75) is 25.3 Å². The minimum Gasteiger partial charge on any atom is -0.419 e. The molecule has 4 rings (SSSR count). The lowest BCUT2D eigenvalue weighted by Gasteiger charge is -2.22. The van der Waals surface area contributed by atoms with Gasteiger partial charge in [-0.25, -0.2) is 0 Å². The first kappa shape index (κ1) is 24.8. The monoisotopic (exact) mass is 507 g/mol. The Morgan fingerprint density at radius 2 is 1.67 bits per heavy atom. The summed E-state index contributed by atoms with van der Waals surface area (Å²) < 4.78 is 85.0. The van der Waals surface area contributed by atoms with Crippen LogP contribution in [0.1, 0.15) is 22.7 Å². The van der Waals surface area contributed by atoms with E-state index >= 15 is 0 Å². The fourth-order valence-corrected chi connectivity index (χ4v) is 3.26. The molecule has 7 nitrogen and oxygen atoms in total. The Bertz CT molecular complexity index is 1340. The number of carbonyl (C=O) groups is 1. The third kappa shape index (κ3) is 5.67. The van der Waals surface area contributed by atoms with Crippen LogP contribution in [0.4, 0.5) is 32.0 Å². The number of benzene rings is 1. The van der Waals surface area contributed by atoms with Crippen LogP contribution in [0.5, 0.6) is 0 Å². The fraction of sp³-hybridized carbons (Fsp3) is 0.174. The number of aromatic nitrogens is 4. The number of anilines is 1. The van der Waals surface area contributed by atoms with Gasteiger partial charge in [0.05, 0.1) is 28.8 Å². The second-order valence-electron chi connectivity index (χ2n) is 7.45. The number of para-hydroxylation sites is 1. The molecule has 186 valence electrons. The standard InChI is InChI=1S/C23H15F6N5O2/c24-22(25,26)15-9-17(23(27,28)29)18(31-12-15)10-20(35)34(16-6-2-1-3-7-16)13-19-32-33-21(36-19)14-5-4-8-30-11-14/h1-9,11-12H,10,13H2. The van der Waals surface area contributed by atoms with Gasteiger partial charge < -0.3 is 9.32 Å². The first-order valence-corrected chi connectivity index (χ1v) is 10.2. The predicted octanol–water partition coefficient (Wildman–Crippen LogP) is 5.34. The maximum atomic E-state index is 13.5. The van der Waals surface area contributed by atoms with Gasteiger partial charge in [0.15, 0.2) is 0 Å². The Kier molecular flexibility index (Phi) is 6.73. The van der Waals surface area contributed by atoms with Crippen LogP contribution in [-0.2, 0) is 30.1 Å². The number of alkyl halides is 6. The van der Waals surface area contributed by atoms with Crippen LogP contribution in [0.15, 0.2) is 71.5 Å². The third-order valence-corrected chi connectivity index (χ3v) is 4.96. The van der Waals surface area contributed by atoms with Crippen molar-refractivity contribution in [1.29, 1.82) is 0 Å². The van der Waals surface area contributed by atoms with E-state index in [4.69, 9.17) is 4.42 Å². The number of halogens is 6. The topological polar surface area (TPSA) is 85.0 Å². The minimum atomic E-state index is -5.16. The average Bonchev–Trinajstić information content (AvgIpc) is 3.31. The smallest absolute Gasteiger partial charge is 0.418 e. The molecule has 0 spiro atoms. The maximum absolute atomic E-state index is 13.5. The Morgan fingerprint density at radius 1 is 0.917 bits per heavy atom. The molecule has 0 saturated heterocycles. The number of pyridine rings is 2. The predicted molar refractivity (Wildman–Crippen MR) is 113 cm³/mol. The molecule has 0 bridgehead atoms. The summed E-state index contributed by atoms with van der Waals surface area (Å²) in [6.45, 7) is -0.307. The summed E-state index contributed by atoms with van der Waals surface area (Å²) in [6.07, 6.45) is -7.83. The fourth-order valence-electron chi connectivity index (χ4n) is 3.26. The number of rotatable bonds is 6. The van der Waals surface area contributed by atoms with Crippen molar-refractivity contribution in [3.05, 3.63) is 89.8 Å².